The van der Waals surface area contributed by atoms with Gasteiger partial charge < -0.3 is 15.0 Å². The summed E-state index contributed by atoms with van der Waals surface area (Å²) in [6.45, 7) is 9.24. The van der Waals surface area contributed by atoms with Crippen molar-refractivity contribution in [2.75, 3.05) is 23.7 Å². The third-order valence-corrected chi connectivity index (χ3v) is 9.52. The Hall–Kier alpha value is -3.50. The lowest BCUT2D eigenvalue weighted by Crippen LogP contribution is -2.52. The Morgan fingerprint density at radius 2 is 1.60 bits per heavy atom. The lowest BCUT2D eigenvalue weighted by Gasteiger charge is -2.33. The van der Waals surface area contributed by atoms with Crippen LogP contribution in [0.15, 0.2) is 82.6 Å². The number of nitrogens with zero attached hydrogens (tertiary/aromatic N) is 2. The number of nitrogens with one attached hydrogen (secondary N) is 1. The van der Waals surface area contributed by atoms with Crippen LogP contribution in [0.4, 0.5) is 5.69 Å². The third kappa shape index (κ3) is 8.29. The van der Waals surface area contributed by atoms with Crippen LogP contribution in [0.1, 0.15) is 45.2 Å². The molecule has 0 aliphatic heterocycles. The van der Waals surface area contributed by atoms with E-state index >= 15 is 0 Å². The summed E-state index contributed by atoms with van der Waals surface area (Å²) in [4.78, 5) is 29.8. The summed E-state index contributed by atoms with van der Waals surface area (Å²) in [7, 11) is -4.20. The fraction of sp³-hybridized carbons (Fsp3) is 0.375. The Morgan fingerprint density at radius 1 is 0.952 bits per heavy atom. The SMILES string of the molecule is CCOc1ccccc1N(CC(=O)N(Cc1ccc(C)cc1)C(C)C(=O)NC(C)CC)S(=O)(=O)c1ccc(SC)cc1. The first-order chi connectivity index (χ1) is 20.0. The first kappa shape index (κ1) is 33.0. The van der Waals surface area contributed by atoms with Crippen LogP contribution in [0, 0.1) is 6.92 Å². The van der Waals surface area contributed by atoms with Crippen molar-refractivity contribution >= 4 is 39.3 Å². The van der Waals surface area contributed by atoms with Crippen molar-refractivity contribution in [3.8, 4) is 5.75 Å². The fourth-order valence-corrected chi connectivity index (χ4v) is 6.10. The summed E-state index contributed by atoms with van der Waals surface area (Å²) in [6, 6.07) is 20.1. The Labute approximate surface area is 254 Å². The van der Waals surface area contributed by atoms with Gasteiger partial charge in [0.25, 0.3) is 10.0 Å². The number of hydrogen-bond acceptors (Lipinski definition) is 6. The van der Waals surface area contributed by atoms with E-state index in [9.17, 15) is 18.0 Å². The molecule has 226 valence electrons. The van der Waals surface area contributed by atoms with Crippen molar-refractivity contribution in [1.29, 1.82) is 0 Å². The molecule has 0 radical (unpaired) electrons. The maximum absolute atomic E-state index is 14.1. The van der Waals surface area contributed by atoms with E-state index in [0.717, 1.165) is 26.7 Å². The molecule has 2 unspecified atom stereocenters. The monoisotopic (exact) mass is 611 g/mol. The largest absolute Gasteiger partial charge is 0.492 e. The van der Waals surface area contributed by atoms with Gasteiger partial charge in [0.2, 0.25) is 11.8 Å². The number of thioether (sulfide) groups is 1. The summed E-state index contributed by atoms with van der Waals surface area (Å²) < 4.78 is 35.1. The number of rotatable bonds is 14. The Balaban J connectivity index is 2.07. The fourth-order valence-electron chi connectivity index (χ4n) is 4.27. The van der Waals surface area contributed by atoms with E-state index < -0.39 is 28.5 Å². The second kappa shape index (κ2) is 15.1. The number of para-hydroxylation sites is 2. The topological polar surface area (TPSA) is 96.0 Å². The van der Waals surface area contributed by atoms with Crippen molar-refractivity contribution in [3.05, 3.63) is 83.9 Å². The molecule has 0 heterocycles. The van der Waals surface area contributed by atoms with Crippen LogP contribution in [-0.4, -0.2) is 56.6 Å². The molecule has 3 aromatic carbocycles. The molecule has 8 nitrogen and oxygen atoms in total. The molecule has 42 heavy (non-hydrogen) atoms. The van der Waals surface area contributed by atoms with Crippen LogP contribution in [0.3, 0.4) is 0 Å². The van der Waals surface area contributed by atoms with Crippen LogP contribution in [0.2, 0.25) is 0 Å². The average molecular weight is 612 g/mol. The first-order valence-corrected chi connectivity index (χ1v) is 16.7. The minimum absolute atomic E-state index is 0.0482. The van der Waals surface area contributed by atoms with Gasteiger partial charge in [-0.15, -0.1) is 11.8 Å². The zero-order valence-corrected chi connectivity index (χ0v) is 26.8. The normalized spacial score (nSPS) is 12.7. The molecular formula is C32H41N3O5S2. The van der Waals surface area contributed by atoms with Gasteiger partial charge in [-0.25, -0.2) is 8.42 Å². The van der Waals surface area contributed by atoms with E-state index in [1.54, 1.807) is 43.3 Å². The molecule has 2 amide bonds. The van der Waals surface area contributed by atoms with Gasteiger partial charge in [0.1, 0.15) is 18.3 Å². The molecule has 1 N–H and O–H groups in total. The van der Waals surface area contributed by atoms with Crippen LogP contribution < -0.4 is 14.4 Å². The highest BCUT2D eigenvalue weighted by molar-refractivity contribution is 7.98. The number of anilines is 1. The van der Waals surface area contributed by atoms with Gasteiger partial charge in [-0.3, -0.25) is 13.9 Å². The first-order valence-electron chi connectivity index (χ1n) is 14.1. The van der Waals surface area contributed by atoms with E-state index in [2.05, 4.69) is 5.32 Å². The van der Waals surface area contributed by atoms with Crippen molar-refractivity contribution < 1.29 is 22.7 Å². The minimum atomic E-state index is -4.20. The molecule has 0 saturated heterocycles. The Bertz CT molecular complexity index is 1440. The minimum Gasteiger partial charge on any atom is -0.492 e. The van der Waals surface area contributed by atoms with Gasteiger partial charge >= 0.3 is 0 Å². The summed E-state index contributed by atoms with van der Waals surface area (Å²) in [6.07, 6.45) is 2.65. The van der Waals surface area contributed by atoms with Gasteiger partial charge in [0.05, 0.1) is 17.2 Å². The van der Waals surface area contributed by atoms with Crippen LogP contribution in [-0.2, 0) is 26.2 Å². The van der Waals surface area contributed by atoms with Crippen LogP contribution >= 0.6 is 11.8 Å². The standard InChI is InChI=1S/C32H41N3O5S2/c1-7-24(4)33-32(37)25(5)34(21-26-15-13-23(3)14-16-26)31(36)22-35(29-11-9-10-12-30(29)40-8-2)42(38,39)28-19-17-27(41-6)18-20-28/h9-20,24-25H,7-8,21-22H2,1-6H3,(H,33,37). The smallest absolute Gasteiger partial charge is 0.264 e. The van der Waals surface area contributed by atoms with Crippen LogP contribution in [0.25, 0.3) is 0 Å². The molecule has 0 spiro atoms. The Kier molecular flexibility index (Phi) is 11.9. The van der Waals surface area contributed by atoms with Gasteiger partial charge in [0, 0.05) is 17.5 Å². The number of ether oxygens (including phenoxy) is 1. The molecule has 0 bridgehead atoms. The highest BCUT2D eigenvalue weighted by atomic mass is 32.2. The Morgan fingerprint density at radius 3 is 2.19 bits per heavy atom. The second-order valence-corrected chi connectivity index (χ2v) is 12.8. The number of carbonyl (C=O) groups is 2. The number of amides is 2. The molecule has 0 fully saturated rings. The molecule has 10 heteroatoms. The number of benzene rings is 3. The maximum atomic E-state index is 14.1. The predicted molar refractivity (Wildman–Crippen MR) is 169 cm³/mol. The van der Waals surface area contributed by atoms with Gasteiger partial charge in [-0.1, -0.05) is 48.9 Å². The highest BCUT2D eigenvalue weighted by Crippen LogP contribution is 2.33. The molecule has 0 saturated carbocycles. The maximum Gasteiger partial charge on any atom is 0.264 e. The predicted octanol–water partition coefficient (Wildman–Crippen LogP) is 5.64. The van der Waals surface area contributed by atoms with E-state index in [0.29, 0.717) is 12.4 Å². The number of hydrogen-bond donors (Lipinski definition) is 1. The lowest BCUT2D eigenvalue weighted by molar-refractivity contribution is -0.139. The summed E-state index contributed by atoms with van der Waals surface area (Å²) in [5.41, 5.74) is 2.14. The van der Waals surface area contributed by atoms with Crippen molar-refractivity contribution in [2.24, 2.45) is 0 Å². The molecule has 3 aromatic rings. The quantitative estimate of drug-likeness (QED) is 0.237. The molecule has 0 aliphatic rings. The number of carbonyl (C=O) groups excluding carboxylic acids is 2. The zero-order chi connectivity index (χ0) is 30.9. The summed E-state index contributed by atoms with van der Waals surface area (Å²) in [5, 5.41) is 2.95. The lowest BCUT2D eigenvalue weighted by atomic mass is 10.1. The molecular weight excluding hydrogens is 571 g/mol. The second-order valence-electron chi connectivity index (χ2n) is 10.1. The summed E-state index contributed by atoms with van der Waals surface area (Å²) >= 11 is 1.50. The van der Waals surface area contributed by atoms with E-state index in [1.807, 2.05) is 58.2 Å². The zero-order valence-electron chi connectivity index (χ0n) is 25.2. The number of aryl methyl sites for hydroxylation is 1. The number of sulfonamides is 1. The molecule has 0 aromatic heterocycles. The molecule has 3 rings (SSSR count). The molecule has 2 atom stereocenters. The van der Waals surface area contributed by atoms with Gasteiger partial charge in [0.15, 0.2) is 0 Å². The molecule has 0 aliphatic carbocycles. The third-order valence-electron chi connectivity index (χ3n) is 7.00. The van der Waals surface area contributed by atoms with Crippen LogP contribution in [0.5, 0.6) is 5.75 Å². The van der Waals surface area contributed by atoms with E-state index in [1.165, 1.54) is 28.8 Å². The van der Waals surface area contributed by atoms with E-state index in [4.69, 9.17) is 4.74 Å². The van der Waals surface area contributed by atoms with Gasteiger partial charge in [-0.05, 0) is 82.3 Å². The summed E-state index contributed by atoms with van der Waals surface area (Å²) in [5.74, 6) is -0.482. The average Bonchev–Trinajstić information content (AvgIpc) is 2.99. The van der Waals surface area contributed by atoms with Crippen molar-refractivity contribution in [2.45, 2.75) is 69.5 Å². The van der Waals surface area contributed by atoms with E-state index in [-0.39, 0.29) is 29.1 Å². The van der Waals surface area contributed by atoms with Crippen molar-refractivity contribution in [3.63, 3.8) is 0 Å². The van der Waals surface area contributed by atoms with Gasteiger partial charge in [-0.2, -0.15) is 0 Å². The highest BCUT2D eigenvalue weighted by Gasteiger charge is 2.34. The van der Waals surface area contributed by atoms with Crippen molar-refractivity contribution in [1.82, 2.24) is 10.2 Å².